The standard InChI is InChI=1S/C13H12F2O4/c1-2-18-12(17)13(14,15)7-10-8-5-3-4-6-9(8)11(16)19-10/h3-6,10H,2,7H2,1H3/t10-/m0/s1. The van der Waals surface area contributed by atoms with Crippen LogP contribution in [0.3, 0.4) is 0 Å². The summed E-state index contributed by atoms with van der Waals surface area (Å²) in [6.07, 6.45) is -2.03. The number of ether oxygens (including phenoxy) is 2. The van der Waals surface area contributed by atoms with E-state index in [0.717, 1.165) is 0 Å². The van der Waals surface area contributed by atoms with E-state index < -0.39 is 30.4 Å². The van der Waals surface area contributed by atoms with Crippen LogP contribution in [0.2, 0.25) is 0 Å². The van der Waals surface area contributed by atoms with E-state index in [0.29, 0.717) is 5.56 Å². The van der Waals surface area contributed by atoms with Crippen LogP contribution in [-0.2, 0) is 14.3 Å². The van der Waals surface area contributed by atoms with Gasteiger partial charge in [-0.25, -0.2) is 9.59 Å². The molecule has 0 aliphatic carbocycles. The van der Waals surface area contributed by atoms with Crippen molar-refractivity contribution >= 4 is 11.9 Å². The summed E-state index contributed by atoms with van der Waals surface area (Å²) in [5.74, 6) is -5.94. The molecule has 0 radical (unpaired) electrons. The third kappa shape index (κ3) is 2.57. The first-order chi connectivity index (χ1) is 8.95. The van der Waals surface area contributed by atoms with Crippen LogP contribution in [0.5, 0.6) is 0 Å². The van der Waals surface area contributed by atoms with Gasteiger partial charge in [0.05, 0.1) is 18.6 Å². The van der Waals surface area contributed by atoms with Crippen molar-refractivity contribution in [2.75, 3.05) is 6.61 Å². The monoisotopic (exact) mass is 270 g/mol. The fourth-order valence-electron chi connectivity index (χ4n) is 1.92. The van der Waals surface area contributed by atoms with Crippen molar-refractivity contribution in [3.05, 3.63) is 35.4 Å². The summed E-state index contributed by atoms with van der Waals surface area (Å²) in [6.45, 7) is 1.31. The van der Waals surface area contributed by atoms with Crippen LogP contribution in [0.1, 0.15) is 35.4 Å². The number of halogens is 2. The third-order valence-electron chi connectivity index (χ3n) is 2.79. The van der Waals surface area contributed by atoms with Gasteiger partial charge in [0, 0.05) is 5.56 Å². The number of carbonyl (C=O) groups excluding carboxylic acids is 2. The summed E-state index contributed by atoms with van der Waals surface area (Å²) in [7, 11) is 0. The molecule has 6 heteroatoms. The Hall–Kier alpha value is -1.98. The van der Waals surface area contributed by atoms with E-state index in [1.165, 1.54) is 19.1 Å². The zero-order chi connectivity index (χ0) is 14.0. The lowest BCUT2D eigenvalue weighted by atomic mass is 10.0. The third-order valence-corrected chi connectivity index (χ3v) is 2.79. The number of esters is 2. The summed E-state index contributed by atoms with van der Waals surface area (Å²) < 4.78 is 36.4. The Kier molecular flexibility index (Phi) is 3.50. The average Bonchev–Trinajstić information content (AvgIpc) is 2.67. The van der Waals surface area contributed by atoms with Crippen LogP contribution in [0.25, 0.3) is 0 Å². The highest BCUT2D eigenvalue weighted by molar-refractivity contribution is 5.94. The molecule has 0 unspecified atom stereocenters. The van der Waals surface area contributed by atoms with Gasteiger partial charge in [-0.1, -0.05) is 18.2 Å². The van der Waals surface area contributed by atoms with Crippen LogP contribution in [0.4, 0.5) is 8.78 Å². The Labute approximate surface area is 108 Å². The van der Waals surface area contributed by atoms with Crippen LogP contribution >= 0.6 is 0 Å². The molecule has 1 atom stereocenters. The summed E-state index contributed by atoms with van der Waals surface area (Å²) in [5, 5.41) is 0. The number of hydrogen-bond donors (Lipinski definition) is 0. The highest BCUT2D eigenvalue weighted by Gasteiger charge is 2.46. The van der Waals surface area contributed by atoms with Crippen molar-refractivity contribution in [1.82, 2.24) is 0 Å². The number of cyclic esters (lactones) is 1. The zero-order valence-corrected chi connectivity index (χ0v) is 10.2. The van der Waals surface area contributed by atoms with Gasteiger partial charge in [-0.2, -0.15) is 8.78 Å². The van der Waals surface area contributed by atoms with Crippen LogP contribution in [0, 0.1) is 0 Å². The quantitative estimate of drug-likeness (QED) is 0.789. The van der Waals surface area contributed by atoms with Crippen LogP contribution in [-0.4, -0.2) is 24.5 Å². The predicted molar refractivity (Wildman–Crippen MR) is 60.8 cm³/mol. The maximum Gasteiger partial charge on any atom is 0.377 e. The topological polar surface area (TPSA) is 52.6 Å². The number of alkyl halides is 2. The molecule has 0 amide bonds. The Morgan fingerprint density at radius 1 is 1.42 bits per heavy atom. The Morgan fingerprint density at radius 2 is 2.11 bits per heavy atom. The van der Waals surface area contributed by atoms with Crippen LogP contribution in [0.15, 0.2) is 24.3 Å². The minimum Gasteiger partial charge on any atom is -0.462 e. The first-order valence-corrected chi connectivity index (χ1v) is 5.80. The van der Waals surface area contributed by atoms with E-state index in [-0.39, 0.29) is 12.2 Å². The Balaban J connectivity index is 2.17. The summed E-state index contributed by atoms with van der Waals surface area (Å²) in [5.41, 5.74) is 0.628. The molecule has 0 fully saturated rings. The SMILES string of the molecule is CCOC(=O)C(F)(F)C[C@@H]1OC(=O)c2ccccc21. The van der Waals surface area contributed by atoms with Crippen molar-refractivity contribution in [2.45, 2.75) is 25.4 Å². The maximum absolute atomic E-state index is 13.6. The molecule has 1 heterocycles. The molecule has 19 heavy (non-hydrogen) atoms. The van der Waals surface area contributed by atoms with E-state index in [1.807, 2.05) is 0 Å². The fourth-order valence-corrected chi connectivity index (χ4v) is 1.92. The second-order valence-electron chi connectivity index (χ2n) is 4.11. The minimum atomic E-state index is -3.68. The normalized spacial score (nSPS) is 17.8. The largest absolute Gasteiger partial charge is 0.462 e. The average molecular weight is 270 g/mol. The Morgan fingerprint density at radius 3 is 2.79 bits per heavy atom. The molecule has 1 aliphatic rings. The second kappa shape index (κ2) is 4.95. The molecule has 2 rings (SSSR count). The molecule has 0 bridgehead atoms. The lowest BCUT2D eigenvalue weighted by molar-refractivity contribution is -0.175. The zero-order valence-electron chi connectivity index (χ0n) is 10.2. The summed E-state index contributed by atoms with van der Waals surface area (Å²) in [4.78, 5) is 22.6. The Bertz CT molecular complexity index is 513. The summed E-state index contributed by atoms with van der Waals surface area (Å²) >= 11 is 0. The number of rotatable bonds is 4. The van der Waals surface area contributed by atoms with Gasteiger partial charge in [0.1, 0.15) is 6.10 Å². The van der Waals surface area contributed by atoms with Gasteiger partial charge in [0.2, 0.25) is 0 Å². The molecule has 1 aromatic rings. The van der Waals surface area contributed by atoms with Gasteiger partial charge in [-0.3, -0.25) is 0 Å². The summed E-state index contributed by atoms with van der Waals surface area (Å²) in [6, 6.07) is 6.27. The lowest BCUT2D eigenvalue weighted by Gasteiger charge is -2.18. The van der Waals surface area contributed by atoms with E-state index in [2.05, 4.69) is 4.74 Å². The van der Waals surface area contributed by atoms with Gasteiger partial charge < -0.3 is 9.47 Å². The highest BCUT2D eigenvalue weighted by atomic mass is 19.3. The first kappa shape index (κ1) is 13.5. The molecule has 4 nitrogen and oxygen atoms in total. The molecule has 1 aromatic carbocycles. The molecule has 102 valence electrons. The van der Waals surface area contributed by atoms with E-state index in [9.17, 15) is 18.4 Å². The molecule has 0 saturated heterocycles. The number of carbonyl (C=O) groups is 2. The van der Waals surface area contributed by atoms with Crippen LogP contribution < -0.4 is 0 Å². The molecule has 0 spiro atoms. The first-order valence-electron chi connectivity index (χ1n) is 5.80. The van der Waals surface area contributed by atoms with Gasteiger partial charge in [-0.15, -0.1) is 0 Å². The smallest absolute Gasteiger partial charge is 0.377 e. The van der Waals surface area contributed by atoms with Crippen molar-refractivity contribution in [3.8, 4) is 0 Å². The fraction of sp³-hybridized carbons (Fsp3) is 0.385. The lowest BCUT2D eigenvalue weighted by Crippen LogP contribution is -2.32. The van der Waals surface area contributed by atoms with Crippen molar-refractivity contribution in [3.63, 3.8) is 0 Å². The van der Waals surface area contributed by atoms with Gasteiger partial charge in [0.25, 0.3) is 0 Å². The molecular formula is C13H12F2O4. The predicted octanol–water partition coefficient (Wildman–Crippen LogP) is 2.49. The molecule has 0 N–H and O–H groups in total. The van der Waals surface area contributed by atoms with Crippen molar-refractivity contribution in [2.24, 2.45) is 0 Å². The number of fused-ring (bicyclic) bond motifs is 1. The van der Waals surface area contributed by atoms with E-state index in [4.69, 9.17) is 4.74 Å². The number of benzene rings is 1. The molecule has 1 aliphatic heterocycles. The van der Waals surface area contributed by atoms with E-state index >= 15 is 0 Å². The number of hydrogen-bond acceptors (Lipinski definition) is 4. The van der Waals surface area contributed by atoms with Crippen molar-refractivity contribution in [1.29, 1.82) is 0 Å². The van der Waals surface area contributed by atoms with Crippen molar-refractivity contribution < 1.29 is 27.8 Å². The minimum absolute atomic E-state index is 0.129. The van der Waals surface area contributed by atoms with Gasteiger partial charge >= 0.3 is 17.9 Å². The molecule has 0 saturated carbocycles. The van der Waals surface area contributed by atoms with E-state index in [1.54, 1.807) is 12.1 Å². The molecular weight excluding hydrogens is 258 g/mol. The van der Waals surface area contributed by atoms with Gasteiger partial charge in [0.15, 0.2) is 0 Å². The van der Waals surface area contributed by atoms with Gasteiger partial charge in [-0.05, 0) is 13.0 Å². The maximum atomic E-state index is 13.6. The molecule has 0 aromatic heterocycles. The second-order valence-corrected chi connectivity index (χ2v) is 4.11. The highest BCUT2D eigenvalue weighted by Crippen LogP contribution is 2.38.